The van der Waals surface area contributed by atoms with E-state index in [1.807, 2.05) is 41.5 Å². The van der Waals surface area contributed by atoms with Crippen LogP contribution in [-0.4, -0.2) is 84.4 Å². The van der Waals surface area contributed by atoms with E-state index in [0.717, 1.165) is 50.1 Å². The van der Waals surface area contributed by atoms with Crippen molar-refractivity contribution in [3.63, 3.8) is 0 Å². The van der Waals surface area contributed by atoms with Crippen LogP contribution >= 0.6 is 0 Å². The highest BCUT2D eigenvalue weighted by Gasteiger charge is 2.65. The van der Waals surface area contributed by atoms with Gasteiger partial charge < -0.3 is 20.4 Å². The van der Waals surface area contributed by atoms with Crippen LogP contribution in [0.15, 0.2) is 165 Å². The smallest absolute Gasteiger partial charge is 0.372 e. The summed E-state index contributed by atoms with van der Waals surface area (Å²) in [6, 6.07) is 27.7. The maximum Gasteiger partial charge on any atom is 0.425 e. The number of halogens is 12. The Balaban J connectivity index is 0.000000133. The predicted molar refractivity (Wildman–Crippen MR) is 390 cm³/mol. The minimum absolute atomic E-state index is 0.0712. The molecule has 12 nitrogen and oxygen atoms in total. The molecule has 16 rings (SSSR count). The number of benzene rings is 8. The average molecular weight is 1490 g/mol. The average Bonchev–Trinajstić information content (AvgIpc) is 1.56. The van der Waals surface area contributed by atoms with E-state index < -0.39 is 47.1 Å². The summed E-state index contributed by atoms with van der Waals surface area (Å²) in [6.45, 7) is 21.9. The molecule has 0 saturated carbocycles. The fraction of sp³-hybridized carbons (Fsp3) is 0.274. The van der Waals surface area contributed by atoms with Gasteiger partial charge >= 0.3 is 24.7 Å². The van der Waals surface area contributed by atoms with Crippen LogP contribution in [0.5, 0.6) is 0 Å². The zero-order valence-corrected chi connectivity index (χ0v) is 61.5. The molecule has 24 heteroatoms. The summed E-state index contributed by atoms with van der Waals surface area (Å²) < 4.78 is 174. The van der Waals surface area contributed by atoms with Crippen LogP contribution in [0.1, 0.15) is 114 Å². The zero-order valence-electron chi connectivity index (χ0n) is 61.5. The summed E-state index contributed by atoms with van der Waals surface area (Å²) in [6.07, 6.45) is -4.58. The van der Waals surface area contributed by atoms with Gasteiger partial charge in [-0.3, -0.25) is 14.0 Å². The van der Waals surface area contributed by atoms with Gasteiger partial charge in [0.2, 0.25) is 22.4 Å². The molecular formula is C84H76F12N8O4. The normalized spacial score (nSPS) is 18.3. The number of hydrogen-bond donors (Lipinski definition) is 4. The summed E-state index contributed by atoms with van der Waals surface area (Å²) in [5.74, 6) is 0. The van der Waals surface area contributed by atoms with E-state index in [1.54, 1.807) is 175 Å². The number of aryl methyl sites for hydroxylation is 5. The van der Waals surface area contributed by atoms with Crippen molar-refractivity contribution in [3.05, 3.63) is 265 Å². The first kappa shape index (κ1) is 77.1. The Hall–Kier alpha value is -10.5. The Morgan fingerprint density at radius 3 is 0.833 bits per heavy atom. The van der Waals surface area contributed by atoms with Crippen molar-refractivity contribution in [1.29, 1.82) is 0 Å². The van der Waals surface area contributed by atoms with Crippen LogP contribution in [0.25, 0.3) is 89.0 Å². The molecule has 108 heavy (non-hydrogen) atoms. The Morgan fingerprint density at radius 2 is 0.556 bits per heavy atom. The van der Waals surface area contributed by atoms with Gasteiger partial charge in [-0.05, 0) is 192 Å². The van der Waals surface area contributed by atoms with E-state index in [0.29, 0.717) is 94.6 Å². The predicted octanol–water partition coefficient (Wildman–Crippen LogP) is 19.6. The minimum Gasteiger partial charge on any atom is -0.372 e. The van der Waals surface area contributed by atoms with Crippen molar-refractivity contribution >= 4 is 0 Å². The second-order valence-electron chi connectivity index (χ2n) is 27.6. The van der Waals surface area contributed by atoms with Crippen LogP contribution in [-0.2, 0) is 43.5 Å². The van der Waals surface area contributed by atoms with Crippen molar-refractivity contribution < 1.29 is 73.1 Å². The van der Waals surface area contributed by atoms with Gasteiger partial charge in [0.1, 0.15) is 6.33 Å². The van der Waals surface area contributed by atoms with Crippen molar-refractivity contribution in [3.8, 4) is 89.0 Å². The van der Waals surface area contributed by atoms with Crippen LogP contribution < -0.4 is 0 Å². The quantitative estimate of drug-likeness (QED) is 0.126. The second kappa shape index (κ2) is 27.0. The molecule has 0 spiro atoms. The van der Waals surface area contributed by atoms with Crippen LogP contribution in [0.4, 0.5) is 52.7 Å². The topological polar surface area (TPSA) is 160 Å². The molecule has 0 amide bonds. The third kappa shape index (κ3) is 11.5. The molecular weight excluding hydrogens is 1410 g/mol. The monoisotopic (exact) mass is 1490 g/mol. The maximum atomic E-state index is 14.2. The van der Waals surface area contributed by atoms with E-state index in [1.165, 1.54) is 67.0 Å². The number of nitrogens with zero attached hydrogens (tertiary/aromatic N) is 8. The SMILES string of the molecule is CC.Cc1c(C)c(-c2cnn(C)c2)c2c(c1C)C(O)(C(F)(F)F)c1ccccc1-2.Cc1c(C)c(-c2cnn(C)c2)c2c(c1C)C(O)(C(F)(F)F)c1ccccc1-2.Cc1cc2c(c(-c3cncnc3)c1C)-c1ccccc1C2(O)C(F)(F)F.Cc1cc2c(c(-c3cnn(C)c3)c1C)-c1ccccc1C2(O)C(F)(F)F. The molecule has 0 fully saturated rings. The van der Waals surface area contributed by atoms with Crippen molar-refractivity contribution in [2.75, 3.05) is 0 Å². The molecule has 0 bridgehead atoms. The summed E-state index contributed by atoms with van der Waals surface area (Å²) in [5.41, 5.74) is 3.01. The highest BCUT2D eigenvalue weighted by atomic mass is 19.4. The zero-order chi connectivity index (χ0) is 79.0. The van der Waals surface area contributed by atoms with E-state index >= 15 is 0 Å². The minimum atomic E-state index is -4.85. The first-order chi connectivity index (χ1) is 50.6. The molecule has 4 heterocycles. The molecule has 0 saturated heterocycles. The fourth-order valence-electron chi connectivity index (χ4n) is 16.1. The highest BCUT2D eigenvalue weighted by Crippen LogP contribution is 2.64. The lowest BCUT2D eigenvalue weighted by molar-refractivity contribution is -0.247. The van der Waals surface area contributed by atoms with Gasteiger partial charge in [0.15, 0.2) is 0 Å². The molecule has 8 aromatic carbocycles. The van der Waals surface area contributed by atoms with Gasteiger partial charge in [-0.25, -0.2) is 9.97 Å². The van der Waals surface area contributed by atoms with Gasteiger partial charge in [0.25, 0.3) is 0 Å². The lowest BCUT2D eigenvalue weighted by atomic mass is 9.82. The Bertz CT molecular complexity index is 5400. The van der Waals surface area contributed by atoms with Gasteiger partial charge in [-0.15, -0.1) is 0 Å². The van der Waals surface area contributed by atoms with Crippen molar-refractivity contribution in [2.24, 2.45) is 21.1 Å². The summed E-state index contributed by atoms with van der Waals surface area (Å²) in [7, 11) is 5.29. The van der Waals surface area contributed by atoms with Crippen molar-refractivity contribution in [1.82, 2.24) is 39.3 Å². The number of alkyl halides is 12. The molecule has 0 radical (unpaired) electrons. The molecule has 4 aromatic heterocycles. The third-order valence-electron chi connectivity index (χ3n) is 21.8. The van der Waals surface area contributed by atoms with E-state index in [4.69, 9.17) is 0 Å². The number of hydrogen-bond acceptors (Lipinski definition) is 9. The Morgan fingerprint density at radius 1 is 0.296 bits per heavy atom. The van der Waals surface area contributed by atoms with E-state index in [-0.39, 0.29) is 44.5 Å². The molecule has 0 aliphatic heterocycles. The van der Waals surface area contributed by atoms with Gasteiger partial charge in [0, 0.05) is 119 Å². The summed E-state index contributed by atoms with van der Waals surface area (Å²) in [5, 5.41) is 56.4. The molecule has 4 unspecified atom stereocenters. The van der Waals surface area contributed by atoms with E-state index in [9.17, 15) is 73.1 Å². The highest BCUT2D eigenvalue weighted by molar-refractivity contribution is 5.99. The summed E-state index contributed by atoms with van der Waals surface area (Å²) >= 11 is 0. The molecule has 12 aromatic rings. The van der Waals surface area contributed by atoms with E-state index in [2.05, 4.69) is 25.3 Å². The maximum absolute atomic E-state index is 14.2. The first-order valence-corrected chi connectivity index (χ1v) is 34.5. The van der Waals surface area contributed by atoms with Gasteiger partial charge in [-0.1, -0.05) is 123 Å². The number of aliphatic hydroxyl groups is 4. The first-order valence-electron chi connectivity index (χ1n) is 34.5. The van der Waals surface area contributed by atoms with Crippen LogP contribution in [0, 0.1) is 69.2 Å². The summed E-state index contributed by atoms with van der Waals surface area (Å²) in [4.78, 5) is 8.01. The Labute approximate surface area is 615 Å². The molecule has 4 N–H and O–H groups in total. The Kier molecular flexibility index (Phi) is 19.3. The number of aromatic nitrogens is 8. The van der Waals surface area contributed by atoms with Gasteiger partial charge in [-0.2, -0.15) is 68.0 Å². The standard InChI is InChI=1S/2C21H19F3N2O.C20H17F3N2O.C20H15F3N2O.C2H6/c2*1-11-12(2)17(14-9-25-26(4)10-14)18-15-7-5-6-8-16(15)20(27,21(22,23)24)19(18)13(11)3;1-11-8-16-18(17(12(11)2)13-9-24-25(3)10-13)14-6-4-5-7-15(14)19(16,26)20(21,22)23;1-11-7-16-18(17(12(11)2)13-8-24-10-25-9-13)14-5-3-4-6-15(14)19(16,26)20(21,22)23;1-2/h2*5-10,27H,1-4H3;4-10,26H,1-3H3;3-10,26H,1-2H3;1-2H3. The van der Waals surface area contributed by atoms with Crippen molar-refractivity contribution in [2.45, 2.75) is 130 Å². The molecule has 4 atom stereocenters. The largest absolute Gasteiger partial charge is 0.425 e. The number of rotatable bonds is 4. The van der Waals surface area contributed by atoms with Crippen LogP contribution in [0.2, 0.25) is 0 Å². The molecule has 4 aliphatic rings. The number of fused-ring (bicyclic) bond motifs is 12. The van der Waals surface area contributed by atoms with Gasteiger partial charge in [0.05, 0.1) is 18.6 Å². The lowest BCUT2D eigenvalue weighted by Crippen LogP contribution is -2.42. The molecule has 4 aliphatic carbocycles. The fourth-order valence-corrected chi connectivity index (χ4v) is 16.1. The second-order valence-corrected chi connectivity index (χ2v) is 27.6. The molecule has 560 valence electrons. The lowest BCUT2D eigenvalue weighted by Gasteiger charge is -2.31. The van der Waals surface area contributed by atoms with Crippen LogP contribution in [0.3, 0.4) is 0 Å². The third-order valence-corrected chi connectivity index (χ3v) is 21.8.